The number of carbonyl (C=O) groups is 2. The standard InChI is InChI=1S/C23H33ClN4O4S/c24-20-8-4-5-9-21(20)33(31,32)28-16-14-26(15-17-28)22(29)18-25-10-12-27(13-11-25)23(30)19-6-2-1-3-7-19/h4-5,8-9,19H,1-3,6-7,10-18H2. The molecule has 2 amide bonds. The Labute approximate surface area is 201 Å². The lowest BCUT2D eigenvalue weighted by atomic mass is 9.88. The van der Waals surface area contributed by atoms with Gasteiger partial charge in [-0.2, -0.15) is 4.31 Å². The van der Waals surface area contributed by atoms with Gasteiger partial charge < -0.3 is 9.80 Å². The number of piperazine rings is 2. The zero-order valence-electron chi connectivity index (χ0n) is 19.0. The Morgan fingerprint density at radius 3 is 2.09 bits per heavy atom. The quantitative estimate of drug-likeness (QED) is 0.622. The van der Waals surface area contributed by atoms with Crippen LogP contribution in [0.5, 0.6) is 0 Å². The minimum absolute atomic E-state index is 0.0110. The first-order valence-electron chi connectivity index (χ1n) is 11.9. The molecular weight excluding hydrogens is 464 g/mol. The summed E-state index contributed by atoms with van der Waals surface area (Å²) in [7, 11) is -3.68. The molecule has 0 spiro atoms. The monoisotopic (exact) mass is 496 g/mol. The summed E-state index contributed by atoms with van der Waals surface area (Å²) in [6.45, 7) is 4.29. The van der Waals surface area contributed by atoms with Crippen LogP contribution in [0.1, 0.15) is 32.1 Å². The second-order valence-corrected chi connectivity index (χ2v) is 11.5. The second kappa shape index (κ2) is 10.7. The van der Waals surface area contributed by atoms with Crippen LogP contribution in [0.4, 0.5) is 0 Å². The number of amides is 2. The Bertz CT molecular complexity index is 951. The van der Waals surface area contributed by atoms with Crippen molar-refractivity contribution < 1.29 is 18.0 Å². The molecular formula is C23H33ClN4O4S. The summed E-state index contributed by atoms with van der Waals surface area (Å²) in [6.07, 6.45) is 5.56. The van der Waals surface area contributed by atoms with Gasteiger partial charge in [-0.1, -0.05) is 43.0 Å². The van der Waals surface area contributed by atoms with Gasteiger partial charge in [-0.05, 0) is 25.0 Å². The fraction of sp³-hybridized carbons (Fsp3) is 0.652. The van der Waals surface area contributed by atoms with E-state index >= 15 is 0 Å². The van der Waals surface area contributed by atoms with Gasteiger partial charge in [-0.3, -0.25) is 14.5 Å². The van der Waals surface area contributed by atoms with Crippen LogP contribution in [0.3, 0.4) is 0 Å². The van der Waals surface area contributed by atoms with Crippen LogP contribution in [0.25, 0.3) is 0 Å². The third-order valence-corrected chi connectivity index (χ3v) is 9.44. The Morgan fingerprint density at radius 2 is 1.45 bits per heavy atom. The average Bonchev–Trinajstić information content (AvgIpc) is 2.85. The SMILES string of the molecule is O=C(CN1CCN(C(=O)C2CCCCC2)CC1)N1CCN(S(=O)(=O)c2ccccc2Cl)CC1. The minimum Gasteiger partial charge on any atom is -0.340 e. The van der Waals surface area contributed by atoms with Gasteiger partial charge in [0.05, 0.1) is 11.6 Å². The molecule has 10 heteroatoms. The molecule has 0 radical (unpaired) electrons. The maximum Gasteiger partial charge on any atom is 0.244 e. The number of hydrogen-bond donors (Lipinski definition) is 0. The molecule has 2 saturated heterocycles. The molecule has 182 valence electrons. The van der Waals surface area contributed by atoms with E-state index < -0.39 is 10.0 Å². The highest BCUT2D eigenvalue weighted by molar-refractivity contribution is 7.89. The van der Waals surface area contributed by atoms with Crippen molar-refractivity contribution in [2.45, 2.75) is 37.0 Å². The van der Waals surface area contributed by atoms with Gasteiger partial charge in [-0.25, -0.2) is 8.42 Å². The molecule has 1 saturated carbocycles. The number of nitrogens with zero attached hydrogens (tertiary/aromatic N) is 4. The Kier molecular flexibility index (Phi) is 7.94. The largest absolute Gasteiger partial charge is 0.340 e. The van der Waals surface area contributed by atoms with Crippen LogP contribution in [0, 0.1) is 5.92 Å². The lowest BCUT2D eigenvalue weighted by molar-refractivity contribution is -0.139. The molecule has 2 aliphatic heterocycles. The lowest BCUT2D eigenvalue weighted by Gasteiger charge is -2.38. The molecule has 3 fully saturated rings. The molecule has 3 aliphatic rings. The van der Waals surface area contributed by atoms with Crippen molar-refractivity contribution in [1.29, 1.82) is 0 Å². The van der Waals surface area contributed by atoms with E-state index in [1.54, 1.807) is 23.1 Å². The molecule has 8 nitrogen and oxygen atoms in total. The van der Waals surface area contributed by atoms with Gasteiger partial charge in [0.25, 0.3) is 0 Å². The Morgan fingerprint density at radius 1 is 0.848 bits per heavy atom. The van der Waals surface area contributed by atoms with Crippen LogP contribution >= 0.6 is 11.6 Å². The van der Waals surface area contributed by atoms with Crippen molar-refractivity contribution in [3.63, 3.8) is 0 Å². The summed E-state index contributed by atoms with van der Waals surface area (Å²) in [4.78, 5) is 31.5. The summed E-state index contributed by atoms with van der Waals surface area (Å²) in [5, 5.41) is 0.206. The van der Waals surface area contributed by atoms with E-state index in [2.05, 4.69) is 4.90 Å². The average molecular weight is 497 g/mol. The molecule has 2 heterocycles. The molecule has 0 unspecified atom stereocenters. The molecule has 1 aromatic rings. The van der Waals surface area contributed by atoms with Crippen molar-refractivity contribution in [3.8, 4) is 0 Å². The predicted octanol–water partition coefficient (Wildman–Crippen LogP) is 1.90. The van der Waals surface area contributed by atoms with E-state index in [1.807, 2.05) is 4.90 Å². The number of carbonyl (C=O) groups excluding carboxylic acids is 2. The number of rotatable bonds is 5. The van der Waals surface area contributed by atoms with E-state index in [4.69, 9.17) is 11.6 Å². The summed E-state index contributed by atoms with van der Waals surface area (Å²) < 4.78 is 27.2. The molecule has 1 aliphatic carbocycles. The molecule has 0 aromatic heterocycles. The maximum atomic E-state index is 12.9. The topological polar surface area (TPSA) is 81.2 Å². The first-order chi connectivity index (χ1) is 15.9. The van der Waals surface area contributed by atoms with Crippen LogP contribution in [-0.2, 0) is 19.6 Å². The third kappa shape index (κ3) is 5.70. The molecule has 0 N–H and O–H groups in total. The molecule has 1 aromatic carbocycles. The minimum atomic E-state index is -3.68. The highest BCUT2D eigenvalue weighted by Gasteiger charge is 2.33. The van der Waals surface area contributed by atoms with Gasteiger partial charge in [0.2, 0.25) is 21.8 Å². The van der Waals surface area contributed by atoms with E-state index in [9.17, 15) is 18.0 Å². The van der Waals surface area contributed by atoms with Crippen molar-refractivity contribution in [2.75, 3.05) is 58.9 Å². The van der Waals surface area contributed by atoms with Crippen LogP contribution < -0.4 is 0 Å². The van der Waals surface area contributed by atoms with Gasteiger partial charge in [-0.15, -0.1) is 0 Å². The fourth-order valence-electron chi connectivity index (χ4n) is 5.00. The van der Waals surface area contributed by atoms with Crippen molar-refractivity contribution in [2.24, 2.45) is 5.92 Å². The van der Waals surface area contributed by atoms with E-state index in [-0.39, 0.29) is 40.7 Å². The molecule has 0 bridgehead atoms. The predicted molar refractivity (Wildman–Crippen MR) is 126 cm³/mol. The first-order valence-corrected chi connectivity index (χ1v) is 13.7. The van der Waals surface area contributed by atoms with Crippen molar-refractivity contribution in [1.82, 2.24) is 19.0 Å². The number of halogens is 1. The fourth-order valence-corrected chi connectivity index (χ4v) is 6.91. The zero-order chi connectivity index (χ0) is 23.4. The van der Waals surface area contributed by atoms with E-state index in [1.165, 1.54) is 16.8 Å². The normalized spacial score (nSPS) is 21.8. The number of benzene rings is 1. The summed E-state index contributed by atoms with van der Waals surface area (Å²) in [5.74, 6) is 0.485. The Hall–Kier alpha value is -1.68. The van der Waals surface area contributed by atoms with Gasteiger partial charge >= 0.3 is 0 Å². The Balaban J connectivity index is 1.23. The number of hydrogen-bond acceptors (Lipinski definition) is 5. The zero-order valence-corrected chi connectivity index (χ0v) is 20.6. The van der Waals surface area contributed by atoms with Crippen LogP contribution in [-0.4, -0.2) is 98.1 Å². The summed E-state index contributed by atoms with van der Waals surface area (Å²) in [5.41, 5.74) is 0. The second-order valence-electron chi connectivity index (χ2n) is 9.15. The summed E-state index contributed by atoms with van der Waals surface area (Å²) in [6, 6.07) is 6.43. The first kappa shape index (κ1) is 24.4. The van der Waals surface area contributed by atoms with Gasteiger partial charge in [0.15, 0.2) is 0 Å². The van der Waals surface area contributed by atoms with E-state index in [0.29, 0.717) is 45.8 Å². The summed E-state index contributed by atoms with van der Waals surface area (Å²) >= 11 is 6.09. The number of sulfonamides is 1. The third-order valence-electron chi connectivity index (χ3n) is 7.04. The maximum absolute atomic E-state index is 12.9. The van der Waals surface area contributed by atoms with Gasteiger partial charge in [0.1, 0.15) is 4.90 Å². The lowest BCUT2D eigenvalue weighted by Crippen LogP contribution is -2.55. The molecule has 0 atom stereocenters. The van der Waals surface area contributed by atoms with Gasteiger partial charge in [0, 0.05) is 58.3 Å². The molecule has 4 rings (SSSR count). The van der Waals surface area contributed by atoms with Crippen LogP contribution in [0.2, 0.25) is 5.02 Å². The smallest absolute Gasteiger partial charge is 0.244 e. The van der Waals surface area contributed by atoms with E-state index in [0.717, 1.165) is 25.7 Å². The van der Waals surface area contributed by atoms with Crippen molar-refractivity contribution in [3.05, 3.63) is 29.3 Å². The molecule has 33 heavy (non-hydrogen) atoms. The van der Waals surface area contributed by atoms with Crippen LogP contribution in [0.15, 0.2) is 29.2 Å². The van der Waals surface area contributed by atoms with Crippen molar-refractivity contribution >= 4 is 33.4 Å². The highest BCUT2D eigenvalue weighted by atomic mass is 35.5. The highest BCUT2D eigenvalue weighted by Crippen LogP contribution is 2.26.